The van der Waals surface area contributed by atoms with Crippen LogP contribution in [0.15, 0.2) is 36.4 Å². The van der Waals surface area contributed by atoms with E-state index >= 15 is 0 Å². The van der Waals surface area contributed by atoms with Gasteiger partial charge in [0.15, 0.2) is 0 Å². The molecule has 2 aromatic rings. The highest BCUT2D eigenvalue weighted by Crippen LogP contribution is 2.15. The summed E-state index contributed by atoms with van der Waals surface area (Å²) >= 11 is 1.26. The van der Waals surface area contributed by atoms with Crippen molar-refractivity contribution in [3.05, 3.63) is 57.5 Å². The molecule has 0 fully saturated rings. The molecule has 0 saturated heterocycles. The number of hydrogen-bond donors (Lipinski definition) is 2. The van der Waals surface area contributed by atoms with E-state index in [-0.39, 0.29) is 18.3 Å². The van der Waals surface area contributed by atoms with Crippen LogP contribution in [0.1, 0.15) is 20.1 Å². The first kappa shape index (κ1) is 14.3. The number of benzene rings is 1. The molecule has 2 N–H and O–H groups in total. The van der Waals surface area contributed by atoms with E-state index in [0.29, 0.717) is 11.4 Å². The zero-order valence-corrected chi connectivity index (χ0v) is 11.3. The van der Waals surface area contributed by atoms with Crippen molar-refractivity contribution in [2.45, 2.75) is 6.54 Å². The molecular formula is C15H12FNO2S. The Morgan fingerprint density at radius 2 is 2.00 bits per heavy atom. The van der Waals surface area contributed by atoms with Crippen LogP contribution in [0.25, 0.3) is 0 Å². The fraction of sp³-hybridized carbons (Fsp3) is 0.133. The van der Waals surface area contributed by atoms with Gasteiger partial charge in [0.1, 0.15) is 12.4 Å². The Kier molecular flexibility index (Phi) is 4.88. The normalized spacial score (nSPS) is 9.70. The van der Waals surface area contributed by atoms with Crippen LogP contribution in [0.3, 0.4) is 0 Å². The van der Waals surface area contributed by atoms with E-state index in [2.05, 4.69) is 17.2 Å². The maximum absolute atomic E-state index is 12.7. The molecule has 0 atom stereocenters. The average molecular weight is 289 g/mol. The Hall–Kier alpha value is -2.16. The monoisotopic (exact) mass is 289 g/mol. The van der Waals surface area contributed by atoms with Gasteiger partial charge in [0.25, 0.3) is 5.91 Å². The molecule has 1 amide bonds. The Morgan fingerprint density at radius 3 is 2.70 bits per heavy atom. The lowest BCUT2D eigenvalue weighted by Gasteiger charge is -2.03. The number of halogens is 1. The summed E-state index contributed by atoms with van der Waals surface area (Å²) in [7, 11) is 0. The molecule has 102 valence electrons. The molecule has 0 radical (unpaired) electrons. The van der Waals surface area contributed by atoms with E-state index in [1.165, 1.54) is 23.5 Å². The molecule has 0 bridgehead atoms. The van der Waals surface area contributed by atoms with Gasteiger partial charge in [0.05, 0.1) is 9.75 Å². The van der Waals surface area contributed by atoms with E-state index in [1.807, 2.05) is 0 Å². The number of aliphatic hydroxyl groups is 1. The van der Waals surface area contributed by atoms with Crippen LogP contribution in [-0.4, -0.2) is 17.6 Å². The Labute approximate surface area is 120 Å². The lowest BCUT2D eigenvalue weighted by molar-refractivity contribution is 0.0955. The summed E-state index contributed by atoms with van der Waals surface area (Å²) < 4.78 is 12.7. The van der Waals surface area contributed by atoms with Gasteiger partial charge >= 0.3 is 0 Å². The topological polar surface area (TPSA) is 49.3 Å². The van der Waals surface area contributed by atoms with Gasteiger partial charge in [0, 0.05) is 6.54 Å². The number of amides is 1. The Balaban J connectivity index is 1.94. The summed E-state index contributed by atoms with van der Waals surface area (Å²) in [5.74, 6) is 4.78. The first-order valence-electron chi connectivity index (χ1n) is 5.91. The van der Waals surface area contributed by atoms with Crippen LogP contribution in [0, 0.1) is 17.7 Å². The molecule has 1 heterocycles. The molecule has 2 rings (SSSR count). The molecule has 0 aliphatic heterocycles. The lowest BCUT2D eigenvalue weighted by Crippen LogP contribution is -2.21. The molecule has 3 nitrogen and oxygen atoms in total. The predicted octanol–water partition coefficient (Wildman–Crippen LogP) is 2.16. The summed E-state index contributed by atoms with van der Waals surface area (Å²) in [6, 6.07) is 9.39. The minimum Gasteiger partial charge on any atom is -0.384 e. The summed E-state index contributed by atoms with van der Waals surface area (Å²) in [5, 5.41) is 11.4. The molecular weight excluding hydrogens is 277 g/mol. The molecule has 1 aromatic heterocycles. The first-order chi connectivity index (χ1) is 9.69. The number of carbonyl (C=O) groups excluding carboxylic acids is 1. The molecule has 0 aliphatic rings. The number of carbonyl (C=O) groups is 1. The van der Waals surface area contributed by atoms with E-state index < -0.39 is 0 Å². The predicted molar refractivity (Wildman–Crippen MR) is 75.9 cm³/mol. The van der Waals surface area contributed by atoms with Crippen molar-refractivity contribution in [1.82, 2.24) is 5.32 Å². The molecule has 0 aliphatic carbocycles. The van der Waals surface area contributed by atoms with Crippen molar-refractivity contribution in [2.24, 2.45) is 0 Å². The van der Waals surface area contributed by atoms with Gasteiger partial charge in [-0.25, -0.2) is 4.39 Å². The zero-order chi connectivity index (χ0) is 14.4. The minimum atomic E-state index is -0.301. The number of nitrogens with one attached hydrogen (secondary N) is 1. The van der Waals surface area contributed by atoms with Crippen LogP contribution in [0.5, 0.6) is 0 Å². The zero-order valence-electron chi connectivity index (χ0n) is 10.5. The highest BCUT2D eigenvalue weighted by Gasteiger charge is 2.08. The number of rotatable bonds is 3. The van der Waals surface area contributed by atoms with Crippen LogP contribution < -0.4 is 5.32 Å². The van der Waals surface area contributed by atoms with E-state index in [9.17, 15) is 9.18 Å². The summed E-state index contributed by atoms with van der Waals surface area (Å²) in [6.45, 7) is 0.138. The maximum atomic E-state index is 12.7. The SMILES string of the molecule is O=C(NCc1ccc(F)cc1)c1ccc(C#CCO)s1. The number of hydrogen-bond acceptors (Lipinski definition) is 3. The first-order valence-corrected chi connectivity index (χ1v) is 6.73. The maximum Gasteiger partial charge on any atom is 0.261 e. The average Bonchev–Trinajstić information content (AvgIpc) is 2.93. The molecule has 0 unspecified atom stereocenters. The molecule has 0 spiro atoms. The van der Waals surface area contributed by atoms with E-state index in [1.54, 1.807) is 24.3 Å². The fourth-order valence-corrected chi connectivity index (χ4v) is 2.32. The highest BCUT2D eigenvalue weighted by atomic mass is 32.1. The van der Waals surface area contributed by atoms with Gasteiger partial charge in [-0.1, -0.05) is 24.0 Å². The second-order valence-corrected chi connectivity index (χ2v) is 5.02. The molecule has 20 heavy (non-hydrogen) atoms. The Morgan fingerprint density at radius 1 is 1.25 bits per heavy atom. The highest BCUT2D eigenvalue weighted by molar-refractivity contribution is 7.14. The van der Waals surface area contributed by atoms with E-state index in [0.717, 1.165) is 10.4 Å². The summed E-state index contributed by atoms with van der Waals surface area (Å²) in [6.07, 6.45) is 0. The van der Waals surface area contributed by atoms with Crippen LogP contribution >= 0.6 is 11.3 Å². The van der Waals surface area contributed by atoms with Gasteiger partial charge in [-0.15, -0.1) is 11.3 Å². The van der Waals surface area contributed by atoms with Gasteiger partial charge in [-0.2, -0.15) is 0 Å². The van der Waals surface area contributed by atoms with Gasteiger partial charge in [-0.3, -0.25) is 4.79 Å². The fourth-order valence-electron chi connectivity index (χ4n) is 1.53. The van der Waals surface area contributed by atoms with Crippen molar-refractivity contribution < 1.29 is 14.3 Å². The molecule has 1 aromatic carbocycles. The van der Waals surface area contributed by atoms with Gasteiger partial charge < -0.3 is 10.4 Å². The van der Waals surface area contributed by atoms with Gasteiger partial charge in [0.2, 0.25) is 0 Å². The smallest absolute Gasteiger partial charge is 0.261 e. The third-order valence-electron chi connectivity index (χ3n) is 2.49. The Bertz CT molecular complexity index is 653. The van der Waals surface area contributed by atoms with Crippen molar-refractivity contribution in [3.63, 3.8) is 0 Å². The van der Waals surface area contributed by atoms with Crippen molar-refractivity contribution in [1.29, 1.82) is 0 Å². The van der Waals surface area contributed by atoms with Crippen LogP contribution in [0.2, 0.25) is 0 Å². The minimum absolute atomic E-state index is 0.198. The summed E-state index contributed by atoms with van der Waals surface area (Å²) in [5.41, 5.74) is 0.830. The number of aliphatic hydroxyl groups excluding tert-OH is 1. The van der Waals surface area contributed by atoms with Crippen LogP contribution in [0.4, 0.5) is 4.39 Å². The van der Waals surface area contributed by atoms with Crippen molar-refractivity contribution in [3.8, 4) is 11.8 Å². The third kappa shape index (κ3) is 3.92. The van der Waals surface area contributed by atoms with Crippen molar-refractivity contribution in [2.75, 3.05) is 6.61 Å². The number of thiophene rings is 1. The van der Waals surface area contributed by atoms with Crippen molar-refractivity contribution >= 4 is 17.2 Å². The quantitative estimate of drug-likeness (QED) is 0.851. The molecule has 5 heteroatoms. The second kappa shape index (κ2) is 6.85. The van der Waals surface area contributed by atoms with Gasteiger partial charge in [-0.05, 0) is 29.8 Å². The largest absolute Gasteiger partial charge is 0.384 e. The van der Waals surface area contributed by atoms with E-state index in [4.69, 9.17) is 5.11 Å². The van der Waals surface area contributed by atoms with Crippen LogP contribution in [-0.2, 0) is 6.54 Å². The third-order valence-corrected chi connectivity index (χ3v) is 3.49. The lowest BCUT2D eigenvalue weighted by atomic mass is 10.2. The second-order valence-electron chi connectivity index (χ2n) is 3.93. The standard InChI is InChI=1S/C15H12FNO2S/c16-12-5-3-11(4-6-12)10-17-15(19)14-8-7-13(20-14)2-1-9-18/h3-8,18H,9-10H2,(H,17,19). The molecule has 0 saturated carbocycles. The summed E-state index contributed by atoms with van der Waals surface area (Å²) in [4.78, 5) is 13.2.